The van der Waals surface area contributed by atoms with Gasteiger partial charge in [-0.05, 0) is 25.8 Å². The fraction of sp³-hybridized carbons (Fsp3) is 0.500. The van der Waals surface area contributed by atoms with Gasteiger partial charge in [-0.25, -0.2) is 13.1 Å². The lowest BCUT2D eigenvalue weighted by molar-refractivity contribution is -0.385. The van der Waals surface area contributed by atoms with Crippen LogP contribution < -0.4 is 10.5 Å². The molecule has 1 aliphatic rings. The molecule has 1 aromatic rings. The van der Waals surface area contributed by atoms with Crippen LogP contribution in [0.25, 0.3) is 0 Å². The van der Waals surface area contributed by atoms with Crippen LogP contribution in [-0.2, 0) is 14.8 Å². The van der Waals surface area contributed by atoms with Crippen molar-refractivity contribution in [1.29, 1.82) is 0 Å². The minimum absolute atomic E-state index is 0.0346. The van der Waals surface area contributed by atoms with Crippen LogP contribution in [0.1, 0.15) is 19.8 Å². The van der Waals surface area contributed by atoms with Crippen molar-refractivity contribution in [3.05, 3.63) is 28.3 Å². The molecule has 1 heterocycles. The Labute approximate surface area is 122 Å². The predicted molar refractivity (Wildman–Crippen MR) is 76.3 cm³/mol. The third kappa shape index (κ3) is 3.49. The average molecular weight is 315 g/mol. The number of non-ortho nitro benzene ring substituents is 1. The van der Waals surface area contributed by atoms with Crippen LogP contribution in [0.15, 0.2) is 23.1 Å². The van der Waals surface area contributed by atoms with Gasteiger partial charge >= 0.3 is 0 Å². The molecule has 21 heavy (non-hydrogen) atoms. The summed E-state index contributed by atoms with van der Waals surface area (Å²) < 4.78 is 32.5. The van der Waals surface area contributed by atoms with Crippen LogP contribution >= 0.6 is 0 Å². The van der Waals surface area contributed by atoms with Gasteiger partial charge in [-0.2, -0.15) is 0 Å². The number of ether oxygens (including phenoxy) is 1. The van der Waals surface area contributed by atoms with E-state index in [1.165, 1.54) is 6.07 Å². The molecule has 2 unspecified atom stereocenters. The van der Waals surface area contributed by atoms with Crippen molar-refractivity contribution in [2.75, 3.05) is 12.3 Å². The van der Waals surface area contributed by atoms with E-state index in [-0.39, 0.29) is 22.4 Å². The Morgan fingerprint density at radius 2 is 2.24 bits per heavy atom. The highest BCUT2D eigenvalue weighted by Crippen LogP contribution is 2.25. The molecule has 0 saturated carbocycles. The fourth-order valence-corrected chi connectivity index (χ4v) is 3.67. The van der Waals surface area contributed by atoms with E-state index in [2.05, 4.69) is 4.72 Å². The number of nitro groups is 1. The third-order valence-corrected chi connectivity index (χ3v) is 4.98. The van der Waals surface area contributed by atoms with E-state index in [1.807, 2.05) is 0 Å². The topological polar surface area (TPSA) is 125 Å². The zero-order chi connectivity index (χ0) is 15.6. The highest BCUT2D eigenvalue weighted by atomic mass is 32.2. The molecule has 3 N–H and O–H groups in total. The highest BCUT2D eigenvalue weighted by molar-refractivity contribution is 7.89. The quantitative estimate of drug-likeness (QED) is 0.475. The molecule has 0 aromatic heterocycles. The Kier molecular flexibility index (Phi) is 4.45. The van der Waals surface area contributed by atoms with E-state index in [0.717, 1.165) is 25.0 Å². The van der Waals surface area contributed by atoms with Gasteiger partial charge in [0.05, 0.1) is 16.7 Å². The average Bonchev–Trinajstić information content (AvgIpc) is 2.92. The number of nitrogens with two attached hydrogens (primary N) is 1. The summed E-state index contributed by atoms with van der Waals surface area (Å²) in [6.45, 7) is 2.30. The molecule has 2 atom stereocenters. The molecule has 0 spiro atoms. The third-order valence-electron chi connectivity index (χ3n) is 3.36. The van der Waals surface area contributed by atoms with Crippen LogP contribution in [0.5, 0.6) is 0 Å². The first-order valence-electron chi connectivity index (χ1n) is 6.49. The Bertz CT molecular complexity index is 640. The molecule has 0 radical (unpaired) electrons. The van der Waals surface area contributed by atoms with Gasteiger partial charge in [0, 0.05) is 24.8 Å². The van der Waals surface area contributed by atoms with Gasteiger partial charge in [-0.15, -0.1) is 0 Å². The summed E-state index contributed by atoms with van der Waals surface area (Å²) in [7, 11) is -3.94. The minimum atomic E-state index is -3.94. The van der Waals surface area contributed by atoms with E-state index in [9.17, 15) is 18.5 Å². The van der Waals surface area contributed by atoms with Crippen molar-refractivity contribution in [3.8, 4) is 0 Å². The second-order valence-electron chi connectivity index (χ2n) is 4.94. The number of benzene rings is 1. The largest absolute Gasteiger partial charge is 0.398 e. The second-order valence-corrected chi connectivity index (χ2v) is 6.62. The molecule has 2 rings (SSSR count). The molecular weight excluding hydrogens is 298 g/mol. The Morgan fingerprint density at radius 1 is 1.52 bits per heavy atom. The zero-order valence-corrected chi connectivity index (χ0v) is 12.3. The normalized spacial score (nSPS) is 20.3. The summed E-state index contributed by atoms with van der Waals surface area (Å²) in [5.41, 5.74) is 5.27. The Hall–Kier alpha value is -1.71. The van der Waals surface area contributed by atoms with Gasteiger partial charge in [0.1, 0.15) is 4.90 Å². The van der Waals surface area contributed by atoms with Crippen molar-refractivity contribution < 1.29 is 18.1 Å². The van der Waals surface area contributed by atoms with Crippen molar-refractivity contribution in [3.63, 3.8) is 0 Å². The molecule has 1 fully saturated rings. The predicted octanol–water partition coefficient (Wildman–Crippen LogP) is 1.02. The van der Waals surface area contributed by atoms with Crippen molar-refractivity contribution in [1.82, 2.24) is 4.72 Å². The van der Waals surface area contributed by atoms with Gasteiger partial charge in [-0.3, -0.25) is 10.1 Å². The first kappa shape index (κ1) is 15.7. The monoisotopic (exact) mass is 315 g/mol. The number of rotatable bonds is 5. The SMILES string of the molecule is CC(NS(=O)(=O)c1cc([N+](=O)[O-])ccc1N)C1CCCO1. The number of anilines is 1. The van der Waals surface area contributed by atoms with Crippen molar-refractivity contribution in [2.24, 2.45) is 0 Å². The molecule has 0 aliphatic carbocycles. The van der Waals surface area contributed by atoms with Gasteiger partial charge in [0.2, 0.25) is 10.0 Å². The summed E-state index contributed by atoms with van der Waals surface area (Å²) in [5.74, 6) is 0. The molecule has 1 aromatic carbocycles. The van der Waals surface area contributed by atoms with Crippen LogP contribution in [-0.4, -0.2) is 32.1 Å². The van der Waals surface area contributed by atoms with E-state index in [1.54, 1.807) is 6.92 Å². The molecule has 1 saturated heterocycles. The molecule has 1 aliphatic heterocycles. The number of hydrogen-bond acceptors (Lipinski definition) is 6. The first-order valence-corrected chi connectivity index (χ1v) is 7.97. The van der Waals surface area contributed by atoms with E-state index < -0.39 is 21.0 Å². The standard InChI is InChI=1S/C12H17N3O5S/c1-8(11-3-2-6-20-11)14-21(18,19)12-7-9(15(16)17)4-5-10(12)13/h4-5,7-8,11,14H,2-3,6,13H2,1H3. The maximum Gasteiger partial charge on any atom is 0.270 e. The molecular formula is C12H17N3O5S. The lowest BCUT2D eigenvalue weighted by Crippen LogP contribution is -2.40. The number of nitrogens with one attached hydrogen (secondary N) is 1. The van der Waals surface area contributed by atoms with E-state index in [4.69, 9.17) is 10.5 Å². The van der Waals surface area contributed by atoms with Gasteiger partial charge < -0.3 is 10.5 Å². The van der Waals surface area contributed by atoms with E-state index in [0.29, 0.717) is 6.61 Å². The molecule has 9 heteroatoms. The molecule has 8 nitrogen and oxygen atoms in total. The maximum absolute atomic E-state index is 12.3. The smallest absolute Gasteiger partial charge is 0.270 e. The van der Waals surface area contributed by atoms with Crippen LogP contribution in [0, 0.1) is 10.1 Å². The second kappa shape index (κ2) is 5.96. The number of nitrogen functional groups attached to an aromatic ring is 1. The summed E-state index contributed by atoms with van der Waals surface area (Å²) in [5, 5.41) is 10.8. The summed E-state index contributed by atoms with van der Waals surface area (Å²) in [6.07, 6.45) is 1.46. The minimum Gasteiger partial charge on any atom is -0.398 e. The Morgan fingerprint density at radius 3 is 2.81 bits per heavy atom. The van der Waals surface area contributed by atoms with Gasteiger partial charge in [0.15, 0.2) is 0 Å². The summed E-state index contributed by atoms with van der Waals surface area (Å²) in [6, 6.07) is 2.90. The van der Waals surface area contributed by atoms with Crippen LogP contribution in [0.2, 0.25) is 0 Å². The molecule has 0 bridgehead atoms. The number of sulfonamides is 1. The van der Waals surface area contributed by atoms with Crippen molar-refractivity contribution in [2.45, 2.75) is 36.8 Å². The first-order chi connectivity index (χ1) is 9.81. The summed E-state index contributed by atoms with van der Waals surface area (Å²) >= 11 is 0. The molecule has 0 amide bonds. The number of nitro benzene ring substituents is 1. The van der Waals surface area contributed by atoms with Crippen LogP contribution in [0.3, 0.4) is 0 Å². The zero-order valence-electron chi connectivity index (χ0n) is 11.5. The lowest BCUT2D eigenvalue weighted by atomic mass is 10.1. The van der Waals surface area contributed by atoms with Gasteiger partial charge in [-0.1, -0.05) is 0 Å². The summed E-state index contributed by atoms with van der Waals surface area (Å²) in [4.78, 5) is 9.80. The number of nitrogens with zero attached hydrogens (tertiary/aromatic N) is 1. The van der Waals surface area contributed by atoms with Crippen LogP contribution in [0.4, 0.5) is 11.4 Å². The Balaban J connectivity index is 2.26. The maximum atomic E-state index is 12.3. The number of hydrogen-bond donors (Lipinski definition) is 2. The van der Waals surface area contributed by atoms with E-state index >= 15 is 0 Å². The van der Waals surface area contributed by atoms with Gasteiger partial charge in [0.25, 0.3) is 5.69 Å². The lowest BCUT2D eigenvalue weighted by Gasteiger charge is -2.20. The molecule has 116 valence electrons. The fourth-order valence-electron chi connectivity index (χ4n) is 2.25. The van der Waals surface area contributed by atoms with Crippen molar-refractivity contribution >= 4 is 21.4 Å². The highest BCUT2D eigenvalue weighted by Gasteiger charge is 2.28.